The lowest BCUT2D eigenvalue weighted by Gasteiger charge is -2.41. The van der Waals surface area contributed by atoms with Gasteiger partial charge in [-0.3, -0.25) is 0 Å². The molecule has 0 aromatic heterocycles. The van der Waals surface area contributed by atoms with Crippen LogP contribution < -0.4 is 5.32 Å². The summed E-state index contributed by atoms with van der Waals surface area (Å²) in [4.78, 5) is 11.1. The molecule has 1 aliphatic rings. The fraction of sp³-hybridized carbons (Fsp3) is 0.769. The summed E-state index contributed by atoms with van der Waals surface area (Å²) in [5.74, 6) is -0.240. The predicted octanol–water partition coefficient (Wildman–Crippen LogP) is 2.28. The second-order valence-corrected chi connectivity index (χ2v) is 4.72. The molecule has 1 fully saturated rings. The fourth-order valence-electron chi connectivity index (χ4n) is 2.14. The van der Waals surface area contributed by atoms with Crippen LogP contribution in [0.5, 0.6) is 0 Å². The van der Waals surface area contributed by atoms with Gasteiger partial charge in [-0.15, -0.1) is 0 Å². The molecule has 0 heterocycles. The average Bonchev–Trinajstić information content (AvgIpc) is 2.25. The van der Waals surface area contributed by atoms with E-state index in [1.54, 1.807) is 6.92 Å². The van der Waals surface area contributed by atoms with Crippen LogP contribution in [0.4, 0.5) is 0 Å². The van der Waals surface area contributed by atoms with E-state index in [0.29, 0.717) is 11.0 Å². The number of rotatable bonds is 6. The maximum Gasteiger partial charge on any atom is 0.333 e. The minimum atomic E-state index is -0.240. The normalized spacial score (nSPS) is 19.1. The number of ether oxygens (including phenoxy) is 1. The third kappa shape index (κ3) is 3.34. The van der Waals surface area contributed by atoms with Crippen LogP contribution in [0, 0.1) is 5.41 Å². The highest BCUT2D eigenvalue weighted by Gasteiger charge is 2.34. The van der Waals surface area contributed by atoms with Gasteiger partial charge in [0.2, 0.25) is 0 Å². The Balaban J connectivity index is 2.23. The first-order chi connectivity index (χ1) is 7.63. The molecule has 0 aromatic rings. The molecular weight excluding hydrogens is 202 g/mol. The highest BCUT2D eigenvalue weighted by atomic mass is 16.5. The number of carbonyl (C=O) groups is 1. The molecule has 1 N–H and O–H groups in total. The first-order valence-electron chi connectivity index (χ1n) is 6.09. The zero-order valence-electron chi connectivity index (χ0n) is 10.6. The Labute approximate surface area is 98.2 Å². The largest absolute Gasteiger partial charge is 0.466 e. The van der Waals surface area contributed by atoms with E-state index >= 15 is 0 Å². The predicted molar refractivity (Wildman–Crippen MR) is 65.2 cm³/mol. The van der Waals surface area contributed by atoms with Crippen molar-refractivity contribution in [2.75, 3.05) is 20.2 Å². The van der Waals surface area contributed by atoms with E-state index in [2.05, 4.69) is 17.0 Å². The van der Waals surface area contributed by atoms with Gasteiger partial charge in [-0.2, -0.15) is 0 Å². The van der Waals surface area contributed by atoms with Gasteiger partial charge in [-0.25, -0.2) is 4.79 Å². The Kier molecular flexibility index (Phi) is 5.00. The molecule has 3 nitrogen and oxygen atoms in total. The second-order valence-electron chi connectivity index (χ2n) is 4.72. The van der Waals surface area contributed by atoms with Crippen molar-refractivity contribution in [1.82, 2.24) is 5.32 Å². The van der Waals surface area contributed by atoms with Crippen molar-refractivity contribution in [3.8, 4) is 0 Å². The number of hydrogen-bond donors (Lipinski definition) is 1. The molecular formula is C13H23NO2. The summed E-state index contributed by atoms with van der Waals surface area (Å²) in [6, 6.07) is 0. The summed E-state index contributed by atoms with van der Waals surface area (Å²) in [5, 5.41) is 3.40. The van der Waals surface area contributed by atoms with Gasteiger partial charge in [0.05, 0.1) is 7.11 Å². The van der Waals surface area contributed by atoms with Crippen molar-refractivity contribution in [2.24, 2.45) is 5.41 Å². The molecule has 0 amide bonds. The molecule has 0 unspecified atom stereocenters. The van der Waals surface area contributed by atoms with Crippen molar-refractivity contribution in [1.29, 1.82) is 0 Å². The smallest absolute Gasteiger partial charge is 0.333 e. The van der Waals surface area contributed by atoms with Crippen LogP contribution in [0.25, 0.3) is 0 Å². The third-order valence-electron chi connectivity index (χ3n) is 3.72. The summed E-state index contributed by atoms with van der Waals surface area (Å²) in [6.07, 6.45) is 7.20. The highest BCUT2D eigenvalue weighted by molar-refractivity contribution is 5.87. The number of esters is 1. The molecule has 0 spiro atoms. The lowest BCUT2D eigenvalue weighted by atomic mass is 9.67. The maximum absolute atomic E-state index is 11.1. The summed E-state index contributed by atoms with van der Waals surface area (Å²) in [7, 11) is 1.41. The van der Waals surface area contributed by atoms with E-state index in [1.807, 2.05) is 6.08 Å². The van der Waals surface area contributed by atoms with Crippen molar-refractivity contribution in [3.63, 3.8) is 0 Å². The van der Waals surface area contributed by atoms with Crippen LogP contribution in [0.3, 0.4) is 0 Å². The van der Waals surface area contributed by atoms with Gasteiger partial charge in [-0.05, 0) is 31.6 Å². The molecule has 1 rings (SSSR count). The first-order valence-corrected chi connectivity index (χ1v) is 6.09. The van der Waals surface area contributed by atoms with Gasteiger partial charge in [-0.1, -0.05) is 19.4 Å². The molecule has 92 valence electrons. The van der Waals surface area contributed by atoms with E-state index in [4.69, 9.17) is 0 Å². The maximum atomic E-state index is 11.1. The number of methoxy groups -OCH3 is 1. The van der Waals surface area contributed by atoms with Gasteiger partial charge in [0, 0.05) is 18.7 Å². The summed E-state index contributed by atoms with van der Waals surface area (Å²) in [5.41, 5.74) is 1.21. The number of carbonyl (C=O) groups excluding carboxylic acids is 1. The van der Waals surface area contributed by atoms with Crippen LogP contribution in [0.1, 0.15) is 39.5 Å². The molecule has 0 aliphatic heterocycles. The molecule has 0 radical (unpaired) electrons. The Morgan fingerprint density at radius 3 is 2.62 bits per heavy atom. The Morgan fingerprint density at radius 2 is 2.19 bits per heavy atom. The fourth-order valence-corrected chi connectivity index (χ4v) is 2.14. The minimum absolute atomic E-state index is 0.240. The van der Waals surface area contributed by atoms with Crippen LogP contribution in [0.2, 0.25) is 0 Å². The SMILES string of the molecule is CCC1(CNC/C=C(/C)C(=O)OC)CCC1. The van der Waals surface area contributed by atoms with Gasteiger partial charge < -0.3 is 10.1 Å². The molecule has 1 saturated carbocycles. The molecule has 0 atom stereocenters. The number of hydrogen-bond acceptors (Lipinski definition) is 3. The molecule has 16 heavy (non-hydrogen) atoms. The number of nitrogens with one attached hydrogen (secondary N) is 1. The van der Waals surface area contributed by atoms with Gasteiger partial charge in [0.15, 0.2) is 0 Å². The van der Waals surface area contributed by atoms with Gasteiger partial charge in [0.25, 0.3) is 0 Å². The third-order valence-corrected chi connectivity index (χ3v) is 3.72. The Hall–Kier alpha value is -0.830. The lowest BCUT2D eigenvalue weighted by molar-refractivity contribution is -0.136. The minimum Gasteiger partial charge on any atom is -0.466 e. The van der Waals surface area contributed by atoms with E-state index in [-0.39, 0.29) is 5.97 Å². The summed E-state index contributed by atoms with van der Waals surface area (Å²) < 4.78 is 4.63. The molecule has 1 aliphatic carbocycles. The van der Waals surface area contributed by atoms with E-state index in [1.165, 1.54) is 32.8 Å². The molecule has 0 aromatic carbocycles. The lowest BCUT2D eigenvalue weighted by Crippen LogP contribution is -2.39. The van der Waals surface area contributed by atoms with Crippen molar-refractivity contribution >= 4 is 5.97 Å². The first kappa shape index (κ1) is 13.2. The van der Waals surface area contributed by atoms with Crippen molar-refractivity contribution in [2.45, 2.75) is 39.5 Å². The molecule has 3 heteroatoms. The van der Waals surface area contributed by atoms with Crippen LogP contribution in [-0.4, -0.2) is 26.2 Å². The Bertz CT molecular complexity index is 262. The van der Waals surface area contributed by atoms with Gasteiger partial charge >= 0.3 is 5.97 Å². The topological polar surface area (TPSA) is 38.3 Å². The quantitative estimate of drug-likeness (QED) is 0.428. The standard InChI is InChI=1S/C13H23NO2/c1-4-13(7-5-8-13)10-14-9-6-11(2)12(15)16-3/h6,14H,4-5,7-10H2,1-3H3/b11-6-. The van der Waals surface area contributed by atoms with Crippen molar-refractivity contribution in [3.05, 3.63) is 11.6 Å². The molecule has 0 saturated heterocycles. The monoisotopic (exact) mass is 225 g/mol. The Morgan fingerprint density at radius 1 is 1.50 bits per heavy atom. The van der Waals surface area contributed by atoms with E-state index in [9.17, 15) is 4.79 Å². The van der Waals surface area contributed by atoms with Crippen LogP contribution in [0.15, 0.2) is 11.6 Å². The zero-order valence-corrected chi connectivity index (χ0v) is 10.6. The average molecular weight is 225 g/mol. The summed E-state index contributed by atoms with van der Waals surface area (Å²) in [6.45, 7) is 5.86. The zero-order chi connectivity index (χ0) is 12.0. The molecule has 0 bridgehead atoms. The van der Waals surface area contributed by atoms with E-state index < -0.39 is 0 Å². The van der Waals surface area contributed by atoms with E-state index in [0.717, 1.165) is 13.1 Å². The summed E-state index contributed by atoms with van der Waals surface area (Å²) >= 11 is 0. The highest BCUT2D eigenvalue weighted by Crippen LogP contribution is 2.42. The second kappa shape index (κ2) is 6.04. The van der Waals surface area contributed by atoms with Crippen molar-refractivity contribution < 1.29 is 9.53 Å². The van der Waals surface area contributed by atoms with Crippen LogP contribution in [-0.2, 0) is 9.53 Å². The van der Waals surface area contributed by atoms with Gasteiger partial charge in [0.1, 0.15) is 0 Å². The van der Waals surface area contributed by atoms with Crippen LogP contribution >= 0.6 is 0 Å².